The molecule has 0 aliphatic heterocycles. The highest BCUT2D eigenvalue weighted by molar-refractivity contribution is 5.87. The van der Waals surface area contributed by atoms with Crippen molar-refractivity contribution in [2.75, 3.05) is 13.7 Å². The van der Waals surface area contributed by atoms with Crippen LogP contribution in [-0.4, -0.2) is 54.8 Å². The molecule has 3 rings (SSSR count). The van der Waals surface area contributed by atoms with Crippen molar-refractivity contribution in [2.24, 2.45) is 5.92 Å². The summed E-state index contributed by atoms with van der Waals surface area (Å²) in [6.07, 6.45) is -1.33. The molecule has 186 valence electrons. The number of nitrogens with one attached hydrogen (secondary N) is 2. The van der Waals surface area contributed by atoms with Crippen LogP contribution in [0.2, 0.25) is 0 Å². The van der Waals surface area contributed by atoms with Gasteiger partial charge >= 0.3 is 18.0 Å². The SMILES string of the molecule is COC(=O)C[C@@H](NC(=O)C[C@@H](NC(=O)OCC1c2ccccc2-c2ccccc21)C(C)C)C(=O)O. The van der Waals surface area contributed by atoms with Crippen molar-refractivity contribution in [1.29, 1.82) is 0 Å². The molecule has 2 aromatic rings. The summed E-state index contributed by atoms with van der Waals surface area (Å²) in [6, 6.07) is 14.0. The molecule has 0 saturated heterocycles. The Morgan fingerprint density at radius 1 is 0.914 bits per heavy atom. The number of carbonyl (C=O) groups excluding carboxylic acids is 3. The monoisotopic (exact) mass is 482 g/mol. The fourth-order valence-electron chi connectivity index (χ4n) is 4.15. The van der Waals surface area contributed by atoms with Gasteiger partial charge in [0, 0.05) is 18.4 Å². The van der Waals surface area contributed by atoms with Gasteiger partial charge in [0.25, 0.3) is 0 Å². The first-order chi connectivity index (χ1) is 16.7. The average molecular weight is 483 g/mol. The minimum Gasteiger partial charge on any atom is -0.480 e. The Labute approximate surface area is 203 Å². The van der Waals surface area contributed by atoms with Crippen molar-refractivity contribution >= 4 is 23.9 Å². The van der Waals surface area contributed by atoms with Gasteiger partial charge in [0.1, 0.15) is 12.6 Å². The van der Waals surface area contributed by atoms with E-state index in [-0.39, 0.29) is 24.9 Å². The Morgan fingerprint density at radius 3 is 2.00 bits per heavy atom. The van der Waals surface area contributed by atoms with Crippen LogP contribution in [0.5, 0.6) is 0 Å². The number of benzene rings is 2. The number of rotatable bonds is 10. The first kappa shape index (κ1) is 25.7. The molecule has 2 aromatic carbocycles. The molecular formula is C26H30N2O7. The van der Waals surface area contributed by atoms with Crippen LogP contribution >= 0.6 is 0 Å². The molecule has 0 bridgehead atoms. The highest BCUT2D eigenvalue weighted by atomic mass is 16.5. The number of methoxy groups -OCH3 is 1. The van der Waals surface area contributed by atoms with Crippen LogP contribution in [0.4, 0.5) is 4.79 Å². The van der Waals surface area contributed by atoms with Gasteiger partial charge in [-0.3, -0.25) is 9.59 Å². The molecule has 0 aromatic heterocycles. The van der Waals surface area contributed by atoms with Crippen LogP contribution < -0.4 is 10.6 Å². The fraction of sp³-hybridized carbons (Fsp3) is 0.385. The van der Waals surface area contributed by atoms with Gasteiger partial charge in [-0.25, -0.2) is 9.59 Å². The summed E-state index contributed by atoms with van der Waals surface area (Å²) in [5.41, 5.74) is 4.42. The number of fused-ring (bicyclic) bond motifs is 3. The third-order valence-corrected chi connectivity index (χ3v) is 6.09. The second kappa shape index (κ2) is 11.5. The van der Waals surface area contributed by atoms with Crippen molar-refractivity contribution in [3.05, 3.63) is 59.7 Å². The second-order valence-corrected chi connectivity index (χ2v) is 8.76. The molecule has 0 saturated carbocycles. The average Bonchev–Trinajstić information content (AvgIpc) is 3.15. The number of carboxylic acids is 1. The van der Waals surface area contributed by atoms with Crippen molar-refractivity contribution < 1.29 is 33.8 Å². The van der Waals surface area contributed by atoms with Gasteiger partial charge in [-0.2, -0.15) is 0 Å². The summed E-state index contributed by atoms with van der Waals surface area (Å²) in [6.45, 7) is 3.78. The lowest BCUT2D eigenvalue weighted by Crippen LogP contribution is -2.47. The van der Waals surface area contributed by atoms with Gasteiger partial charge in [0.2, 0.25) is 5.91 Å². The summed E-state index contributed by atoms with van der Waals surface area (Å²) < 4.78 is 10.0. The number of hydrogen-bond donors (Lipinski definition) is 3. The predicted octanol–water partition coefficient (Wildman–Crippen LogP) is 3.07. The molecule has 0 fully saturated rings. The predicted molar refractivity (Wildman–Crippen MR) is 128 cm³/mol. The Kier molecular flexibility index (Phi) is 8.46. The van der Waals surface area contributed by atoms with E-state index in [9.17, 15) is 24.3 Å². The van der Waals surface area contributed by atoms with Crippen LogP contribution in [-0.2, 0) is 23.9 Å². The Bertz CT molecular complexity index is 1050. The van der Waals surface area contributed by atoms with Crippen molar-refractivity contribution in [2.45, 2.75) is 44.7 Å². The quantitative estimate of drug-likeness (QED) is 0.444. The molecule has 0 spiro atoms. The highest BCUT2D eigenvalue weighted by Gasteiger charge is 2.30. The summed E-state index contributed by atoms with van der Waals surface area (Å²) in [7, 11) is 1.14. The largest absolute Gasteiger partial charge is 0.480 e. The van der Waals surface area contributed by atoms with Crippen molar-refractivity contribution in [1.82, 2.24) is 10.6 Å². The molecule has 1 aliphatic rings. The van der Waals surface area contributed by atoms with E-state index in [1.807, 2.05) is 62.4 Å². The van der Waals surface area contributed by atoms with Gasteiger partial charge < -0.3 is 25.2 Å². The molecule has 35 heavy (non-hydrogen) atoms. The maximum atomic E-state index is 12.6. The topological polar surface area (TPSA) is 131 Å². The number of carbonyl (C=O) groups is 4. The zero-order chi connectivity index (χ0) is 25.5. The minimum atomic E-state index is -1.42. The molecule has 9 heteroatoms. The van der Waals surface area contributed by atoms with Crippen LogP contribution in [0.15, 0.2) is 48.5 Å². The Morgan fingerprint density at radius 2 is 1.49 bits per heavy atom. The van der Waals surface area contributed by atoms with Gasteiger partial charge in [0.15, 0.2) is 0 Å². The fourth-order valence-corrected chi connectivity index (χ4v) is 4.15. The molecule has 0 heterocycles. The number of aliphatic carboxylic acids is 1. The highest BCUT2D eigenvalue weighted by Crippen LogP contribution is 2.44. The van der Waals surface area contributed by atoms with E-state index in [0.29, 0.717) is 0 Å². The number of alkyl carbamates (subject to hydrolysis) is 1. The lowest BCUT2D eigenvalue weighted by Gasteiger charge is -2.23. The molecular weight excluding hydrogens is 452 g/mol. The van der Waals surface area contributed by atoms with E-state index >= 15 is 0 Å². The van der Waals surface area contributed by atoms with Crippen LogP contribution in [0.25, 0.3) is 11.1 Å². The van der Waals surface area contributed by atoms with Gasteiger partial charge in [0.05, 0.1) is 13.5 Å². The maximum absolute atomic E-state index is 12.6. The standard InChI is InChI=1S/C26H30N2O7/c1-15(2)21(12-23(29)27-22(25(31)32)13-24(30)34-3)28-26(33)35-14-20-18-10-6-4-8-16(18)17-9-5-7-11-19(17)20/h4-11,15,20-22H,12-14H2,1-3H3,(H,27,29)(H,28,33)(H,31,32)/t21-,22-/m1/s1. The van der Waals surface area contributed by atoms with Crippen LogP contribution in [0.1, 0.15) is 43.7 Å². The molecule has 0 radical (unpaired) electrons. The van der Waals surface area contributed by atoms with Crippen molar-refractivity contribution in [3.63, 3.8) is 0 Å². The third kappa shape index (κ3) is 6.38. The molecule has 2 amide bonds. The Balaban J connectivity index is 1.59. The van der Waals surface area contributed by atoms with E-state index in [0.717, 1.165) is 29.4 Å². The van der Waals surface area contributed by atoms with Gasteiger partial charge in [-0.1, -0.05) is 62.4 Å². The van der Waals surface area contributed by atoms with E-state index in [1.165, 1.54) is 0 Å². The minimum absolute atomic E-state index is 0.0939. The summed E-state index contributed by atoms with van der Waals surface area (Å²) >= 11 is 0. The molecule has 0 unspecified atom stereocenters. The maximum Gasteiger partial charge on any atom is 0.407 e. The normalized spacial score (nSPS) is 13.8. The first-order valence-electron chi connectivity index (χ1n) is 11.4. The van der Waals surface area contributed by atoms with Crippen molar-refractivity contribution in [3.8, 4) is 11.1 Å². The van der Waals surface area contributed by atoms with E-state index in [2.05, 4.69) is 15.4 Å². The van der Waals surface area contributed by atoms with Gasteiger partial charge in [-0.05, 0) is 28.2 Å². The number of ether oxygens (including phenoxy) is 2. The van der Waals surface area contributed by atoms with E-state index in [4.69, 9.17) is 4.74 Å². The van der Waals surface area contributed by atoms with E-state index in [1.54, 1.807) is 0 Å². The first-order valence-corrected chi connectivity index (χ1v) is 11.4. The number of hydrogen-bond acceptors (Lipinski definition) is 6. The lowest BCUT2D eigenvalue weighted by atomic mass is 9.98. The molecule has 3 N–H and O–H groups in total. The number of carboxylic acid groups (broad SMARTS) is 1. The summed E-state index contributed by atoms with van der Waals surface area (Å²) in [5, 5.41) is 14.3. The van der Waals surface area contributed by atoms with Crippen LogP contribution in [0.3, 0.4) is 0 Å². The molecule has 2 atom stereocenters. The lowest BCUT2D eigenvalue weighted by molar-refractivity contribution is -0.148. The Hall–Kier alpha value is -3.88. The van der Waals surface area contributed by atoms with Gasteiger partial charge in [-0.15, -0.1) is 0 Å². The summed E-state index contributed by atoms with van der Waals surface area (Å²) in [5.74, 6) is -2.95. The number of esters is 1. The molecule has 1 aliphatic carbocycles. The smallest absolute Gasteiger partial charge is 0.407 e. The van der Waals surface area contributed by atoms with E-state index < -0.39 is 42.4 Å². The number of amides is 2. The second-order valence-electron chi connectivity index (χ2n) is 8.76. The molecule has 9 nitrogen and oxygen atoms in total. The summed E-state index contributed by atoms with van der Waals surface area (Å²) in [4.78, 5) is 47.8. The van der Waals surface area contributed by atoms with Crippen LogP contribution in [0, 0.1) is 5.92 Å². The zero-order valence-electron chi connectivity index (χ0n) is 19.9. The third-order valence-electron chi connectivity index (χ3n) is 6.09. The zero-order valence-corrected chi connectivity index (χ0v) is 19.9.